The predicted octanol–water partition coefficient (Wildman–Crippen LogP) is 5.42. The maximum Gasteiger partial charge on any atom is 0.269 e. The van der Waals surface area contributed by atoms with Crippen LogP contribution >= 0.6 is 23.4 Å². The molecule has 2 heterocycles. The number of rotatable bonds is 5. The van der Waals surface area contributed by atoms with E-state index in [0.717, 1.165) is 11.3 Å². The molecule has 4 rings (SSSR count). The molecule has 7 nitrogen and oxygen atoms in total. The summed E-state index contributed by atoms with van der Waals surface area (Å²) in [5.74, 6) is 0.883. The zero-order chi connectivity index (χ0) is 21.3. The van der Waals surface area contributed by atoms with Crippen LogP contribution in [0, 0.1) is 17.0 Å². The molecule has 1 amide bonds. The Kier molecular flexibility index (Phi) is 5.52. The van der Waals surface area contributed by atoms with E-state index in [2.05, 4.69) is 10.6 Å². The van der Waals surface area contributed by atoms with E-state index in [-0.39, 0.29) is 17.1 Å². The number of nitrogens with zero attached hydrogens (tertiary/aromatic N) is 1. The lowest BCUT2D eigenvalue weighted by Crippen LogP contribution is -2.31. The molecule has 1 aliphatic heterocycles. The molecule has 1 atom stereocenters. The van der Waals surface area contributed by atoms with E-state index in [4.69, 9.17) is 16.0 Å². The minimum atomic E-state index is -0.451. The van der Waals surface area contributed by atoms with Crippen LogP contribution in [0.1, 0.15) is 11.3 Å². The zero-order valence-corrected chi connectivity index (χ0v) is 17.3. The quantitative estimate of drug-likeness (QED) is 0.312. The molecule has 2 aromatic carbocycles. The molecular formula is C21H16ClN3O4S. The monoisotopic (exact) mass is 441 g/mol. The third kappa shape index (κ3) is 4.34. The van der Waals surface area contributed by atoms with Gasteiger partial charge in [-0.05, 0) is 55.0 Å². The van der Waals surface area contributed by atoms with Crippen molar-refractivity contribution in [2.75, 3.05) is 5.32 Å². The number of amides is 1. The molecule has 0 radical (unpaired) electrons. The Morgan fingerprint density at radius 3 is 2.67 bits per heavy atom. The molecule has 1 aromatic heterocycles. The van der Waals surface area contributed by atoms with Gasteiger partial charge in [0.2, 0.25) is 0 Å². The fraction of sp³-hybridized carbons (Fsp3) is 0.0952. The molecule has 30 heavy (non-hydrogen) atoms. The Morgan fingerprint density at radius 2 is 1.97 bits per heavy atom. The van der Waals surface area contributed by atoms with Gasteiger partial charge in [-0.2, -0.15) is 0 Å². The van der Waals surface area contributed by atoms with Gasteiger partial charge < -0.3 is 15.1 Å². The van der Waals surface area contributed by atoms with Gasteiger partial charge in [0, 0.05) is 34.5 Å². The first-order valence-corrected chi connectivity index (χ1v) is 10.2. The SMILES string of the molecule is Cc1cc(Cl)ccc1NC1NC(=O)/C(=C/c2ccc(-c3ccc([N+](=O)[O-])cc3)o2)S1. The number of non-ortho nitro benzene ring substituents is 1. The minimum absolute atomic E-state index is 0.0149. The molecule has 1 unspecified atom stereocenters. The fourth-order valence-corrected chi connectivity index (χ4v) is 4.14. The number of aryl methyl sites for hydroxylation is 1. The lowest BCUT2D eigenvalue weighted by atomic mass is 10.1. The van der Waals surface area contributed by atoms with E-state index in [1.54, 1.807) is 36.4 Å². The van der Waals surface area contributed by atoms with Crippen LogP contribution in [-0.4, -0.2) is 16.3 Å². The summed E-state index contributed by atoms with van der Waals surface area (Å²) in [7, 11) is 0. The average molecular weight is 442 g/mol. The molecule has 152 valence electrons. The average Bonchev–Trinajstić information content (AvgIpc) is 3.31. The summed E-state index contributed by atoms with van der Waals surface area (Å²) in [6.45, 7) is 1.94. The van der Waals surface area contributed by atoms with Crippen molar-refractivity contribution >= 4 is 46.7 Å². The van der Waals surface area contributed by atoms with Gasteiger partial charge in [-0.1, -0.05) is 23.4 Å². The Balaban J connectivity index is 1.47. The smallest absolute Gasteiger partial charge is 0.269 e. The van der Waals surface area contributed by atoms with Crippen LogP contribution in [0.3, 0.4) is 0 Å². The van der Waals surface area contributed by atoms with Crippen LogP contribution in [0.2, 0.25) is 5.02 Å². The van der Waals surface area contributed by atoms with Crippen molar-refractivity contribution in [2.45, 2.75) is 12.4 Å². The molecule has 1 saturated heterocycles. The van der Waals surface area contributed by atoms with Gasteiger partial charge >= 0.3 is 0 Å². The summed E-state index contributed by atoms with van der Waals surface area (Å²) in [4.78, 5) is 23.2. The van der Waals surface area contributed by atoms with Crippen molar-refractivity contribution in [3.8, 4) is 11.3 Å². The van der Waals surface area contributed by atoms with Crippen molar-refractivity contribution in [2.24, 2.45) is 0 Å². The van der Waals surface area contributed by atoms with Crippen molar-refractivity contribution in [3.05, 3.63) is 86.0 Å². The molecule has 0 spiro atoms. The second kappa shape index (κ2) is 8.25. The van der Waals surface area contributed by atoms with E-state index in [1.807, 2.05) is 19.1 Å². The standard InChI is InChI=1S/C21H16ClN3O4S/c1-12-10-14(22)4-8-17(12)23-21-24-20(26)19(30-21)11-16-7-9-18(29-16)13-2-5-15(6-3-13)25(27)28/h2-11,21,23H,1H3,(H,24,26)/b19-11-. The number of furan rings is 1. The van der Waals surface area contributed by atoms with Crippen molar-refractivity contribution in [1.29, 1.82) is 0 Å². The first-order valence-electron chi connectivity index (χ1n) is 8.95. The topological polar surface area (TPSA) is 97.4 Å². The molecule has 1 fully saturated rings. The van der Waals surface area contributed by atoms with Crippen molar-refractivity contribution in [3.63, 3.8) is 0 Å². The Hall–Kier alpha value is -3.23. The highest BCUT2D eigenvalue weighted by Gasteiger charge is 2.27. The summed E-state index contributed by atoms with van der Waals surface area (Å²) in [6, 6.07) is 15.1. The normalized spacial score (nSPS) is 17.2. The van der Waals surface area contributed by atoms with Gasteiger partial charge in [-0.3, -0.25) is 14.9 Å². The van der Waals surface area contributed by atoms with Gasteiger partial charge in [-0.15, -0.1) is 0 Å². The van der Waals surface area contributed by atoms with E-state index in [0.29, 0.717) is 27.0 Å². The van der Waals surface area contributed by atoms with Crippen LogP contribution in [0.4, 0.5) is 11.4 Å². The number of carbonyl (C=O) groups is 1. The minimum Gasteiger partial charge on any atom is -0.457 e. The van der Waals surface area contributed by atoms with Crippen molar-refractivity contribution in [1.82, 2.24) is 5.32 Å². The van der Waals surface area contributed by atoms with E-state index in [9.17, 15) is 14.9 Å². The predicted molar refractivity (Wildman–Crippen MR) is 118 cm³/mol. The number of hydrogen-bond donors (Lipinski definition) is 2. The molecule has 0 bridgehead atoms. The molecule has 9 heteroatoms. The van der Waals surface area contributed by atoms with E-state index < -0.39 is 4.92 Å². The van der Waals surface area contributed by atoms with Crippen LogP contribution in [-0.2, 0) is 4.79 Å². The highest BCUT2D eigenvalue weighted by Crippen LogP contribution is 2.33. The summed E-state index contributed by atoms with van der Waals surface area (Å²) >= 11 is 7.34. The first-order chi connectivity index (χ1) is 14.4. The molecule has 1 aliphatic rings. The Morgan fingerprint density at radius 1 is 1.20 bits per heavy atom. The summed E-state index contributed by atoms with van der Waals surface area (Å²) in [5.41, 5.74) is 2.28. The lowest BCUT2D eigenvalue weighted by molar-refractivity contribution is -0.384. The third-order valence-electron chi connectivity index (χ3n) is 4.47. The fourth-order valence-electron chi connectivity index (χ4n) is 2.96. The molecular weight excluding hydrogens is 426 g/mol. The Bertz CT molecular complexity index is 1160. The number of hydrogen-bond acceptors (Lipinski definition) is 6. The molecule has 3 aromatic rings. The highest BCUT2D eigenvalue weighted by atomic mass is 35.5. The highest BCUT2D eigenvalue weighted by molar-refractivity contribution is 8.05. The third-order valence-corrected chi connectivity index (χ3v) is 5.73. The molecule has 0 saturated carbocycles. The summed E-state index contributed by atoms with van der Waals surface area (Å²) in [6.07, 6.45) is 1.67. The van der Waals surface area contributed by atoms with E-state index >= 15 is 0 Å². The number of benzene rings is 2. The van der Waals surface area contributed by atoms with Gasteiger partial charge in [0.1, 0.15) is 11.5 Å². The lowest BCUT2D eigenvalue weighted by Gasteiger charge is -2.14. The summed E-state index contributed by atoms with van der Waals surface area (Å²) in [5, 5.41) is 17.6. The first kappa shape index (κ1) is 20.1. The number of halogens is 1. The summed E-state index contributed by atoms with van der Waals surface area (Å²) < 4.78 is 5.79. The second-order valence-electron chi connectivity index (χ2n) is 6.59. The number of anilines is 1. The van der Waals surface area contributed by atoms with Crippen molar-refractivity contribution < 1.29 is 14.1 Å². The van der Waals surface area contributed by atoms with Gasteiger partial charge in [0.25, 0.3) is 11.6 Å². The van der Waals surface area contributed by atoms with Crippen LogP contribution in [0.25, 0.3) is 17.4 Å². The van der Waals surface area contributed by atoms with Gasteiger partial charge in [0.05, 0.1) is 9.83 Å². The largest absolute Gasteiger partial charge is 0.457 e. The van der Waals surface area contributed by atoms with E-state index in [1.165, 1.54) is 23.9 Å². The number of thioether (sulfide) groups is 1. The maximum absolute atomic E-state index is 12.3. The van der Waals surface area contributed by atoms with Gasteiger partial charge in [0.15, 0.2) is 5.50 Å². The van der Waals surface area contributed by atoms with Crippen LogP contribution in [0.5, 0.6) is 0 Å². The molecule has 0 aliphatic carbocycles. The zero-order valence-electron chi connectivity index (χ0n) is 15.7. The molecule has 2 N–H and O–H groups in total. The van der Waals surface area contributed by atoms with Gasteiger partial charge in [-0.25, -0.2) is 0 Å². The Labute approximate surface area is 181 Å². The maximum atomic E-state index is 12.3. The van der Waals surface area contributed by atoms with Crippen LogP contribution < -0.4 is 10.6 Å². The number of nitro groups is 1. The number of nitrogens with one attached hydrogen (secondary N) is 2. The number of nitro benzene ring substituents is 1. The second-order valence-corrected chi connectivity index (χ2v) is 8.17. The van der Waals surface area contributed by atoms with Crippen LogP contribution in [0.15, 0.2) is 63.9 Å². The number of carbonyl (C=O) groups excluding carboxylic acids is 1.